The van der Waals surface area contributed by atoms with Crippen LogP contribution in [-0.2, 0) is 12.8 Å². The van der Waals surface area contributed by atoms with Crippen LogP contribution in [0.4, 0.5) is 0 Å². The van der Waals surface area contributed by atoms with Crippen molar-refractivity contribution in [1.82, 2.24) is 15.1 Å². The molecule has 1 N–H and O–H groups in total. The summed E-state index contributed by atoms with van der Waals surface area (Å²) in [5, 5.41) is 8.56. The topological polar surface area (TPSA) is 29.9 Å². The number of hydrogen-bond donors (Lipinski definition) is 1. The van der Waals surface area contributed by atoms with E-state index in [0.29, 0.717) is 0 Å². The van der Waals surface area contributed by atoms with E-state index in [1.807, 2.05) is 11.7 Å². The molecule has 4 heteroatoms. The highest BCUT2D eigenvalue weighted by Gasteiger charge is 2.23. The molecule has 3 nitrogen and oxygen atoms in total. The lowest BCUT2D eigenvalue weighted by Crippen LogP contribution is -2.23. The Kier molecular flexibility index (Phi) is 4.05. The molecule has 112 valence electrons. The summed E-state index contributed by atoms with van der Waals surface area (Å²) in [7, 11) is 1.98. The Labute approximate surface area is 131 Å². The fraction of sp³-hybridized carbons (Fsp3) is 0.471. The Bertz CT molecular complexity index is 645. The Hall–Kier alpha value is -1.32. The number of hydrogen-bond acceptors (Lipinski definition) is 2. The smallest absolute Gasteiger partial charge is 0.0837 e. The van der Waals surface area contributed by atoms with Crippen LogP contribution in [0.1, 0.15) is 54.7 Å². The molecule has 2 aromatic rings. The number of aryl methyl sites for hydroxylation is 2. The number of nitrogens with zero attached hydrogens (tertiary/aromatic N) is 2. The summed E-state index contributed by atoms with van der Waals surface area (Å²) in [4.78, 5) is 0. The van der Waals surface area contributed by atoms with Gasteiger partial charge in [0.2, 0.25) is 0 Å². The van der Waals surface area contributed by atoms with E-state index in [1.54, 1.807) is 6.20 Å². The Morgan fingerprint density at radius 3 is 2.71 bits per heavy atom. The average molecular weight is 304 g/mol. The minimum absolute atomic E-state index is 0.0771. The molecule has 1 aliphatic carbocycles. The van der Waals surface area contributed by atoms with Gasteiger partial charge in [-0.25, -0.2) is 0 Å². The molecule has 1 aromatic carbocycles. The number of rotatable bonds is 4. The summed E-state index contributed by atoms with van der Waals surface area (Å²) in [6.07, 6.45) is 5.42. The maximum Gasteiger partial charge on any atom is 0.0837 e. The van der Waals surface area contributed by atoms with Crippen molar-refractivity contribution >= 4 is 11.6 Å². The molecule has 1 unspecified atom stereocenters. The van der Waals surface area contributed by atoms with Crippen LogP contribution in [-0.4, -0.2) is 16.8 Å². The average Bonchev–Trinajstić information content (AvgIpc) is 3.07. The van der Waals surface area contributed by atoms with E-state index in [2.05, 4.69) is 42.5 Å². The molecular weight excluding hydrogens is 282 g/mol. The number of aromatic nitrogens is 2. The molecule has 21 heavy (non-hydrogen) atoms. The largest absolute Gasteiger partial charge is 0.308 e. The van der Waals surface area contributed by atoms with Crippen molar-refractivity contribution in [3.63, 3.8) is 0 Å². The van der Waals surface area contributed by atoms with E-state index in [1.165, 1.54) is 36.0 Å². The molecular formula is C17H22ClN3. The third kappa shape index (κ3) is 2.60. The molecule has 0 aliphatic heterocycles. The number of benzene rings is 1. The Morgan fingerprint density at radius 2 is 2.00 bits per heavy atom. The molecule has 0 spiro atoms. The normalized spacial score (nSPS) is 15.5. The van der Waals surface area contributed by atoms with Gasteiger partial charge in [-0.1, -0.05) is 29.8 Å². The van der Waals surface area contributed by atoms with E-state index < -0.39 is 0 Å². The summed E-state index contributed by atoms with van der Waals surface area (Å²) >= 11 is 6.41. The van der Waals surface area contributed by atoms with Crippen LogP contribution < -0.4 is 5.32 Å². The molecule has 1 aliphatic rings. The fourth-order valence-corrected chi connectivity index (χ4v) is 3.50. The third-order valence-electron chi connectivity index (χ3n) is 4.29. The molecule has 1 aromatic heterocycles. The summed E-state index contributed by atoms with van der Waals surface area (Å²) in [6.45, 7) is 4.25. The molecule has 0 amide bonds. The molecule has 0 bridgehead atoms. The zero-order chi connectivity index (χ0) is 15.0. The van der Waals surface area contributed by atoms with Crippen LogP contribution >= 0.6 is 11.6 Å². The second kappa shape index (κ2) is 5.82. The Morgan fingerprint density at radius 1 is 1.24 bits per heavy atom. The molecule has 0 fully saturated rings. The predicted molar refractivity (Wildman–Crippen MR) is 87.0 cm³/mol. The quantitative estimate of drug-likeness (QED) is 0.928. The van der Waals surface area contributed by atoms with Crippen molar-refractivity contribution in [2.75, 3.05) is 7.05 Å². The summed E-state index contributed by atoms with van der Waals surface area (Å²) in [6, 6.07) is 7.19. The first-order valence-corrected chi connectivity index (χ1v) is 8.01. The zero-order valence-corrected chi connectivity index (χ0v) is 13.6. The molecule has 3 rings (SSSR count). The van der Waals surface area contributed by atoms with Crippen LogP contribution in [0.15, 0.2) is 24.4 Å². The minimum Gasteiger partial charge on any atom is -0.308 e. The van der Waals surface area contributed by atoms with Gasteiger partial charge in [0.05, 0.1) is 23.0 Å². The SMILES string of the molecule is CNC(c1ccc2c(c1)CCC2)c1c(Cl)cnn1C(C)C. The minimum atomic E-state index is 0.0771. The van der Waals surface area contributed by atoms with Gasteiger partial charge in [0, 0.05) is 6.04 Å². The van der Waals surface area contributed by atoms with Gasteiger partial charge in [0.25, 0.3) is 0 Å². The van der Waals surface area contributed by atoms with Crippen LogP contribution in [0, 0.1) is 0 Å². The number of halogens is 1. The lowest BCUT2D eigenvalue weighted by atomic mass is 9.99. The van der Waals surface area contributed by atoms with Gasteiger partial charge < -0.3 is 5.32 Å². The summed E-state index contributed by atoms with van der Waals surface area (Å²) < 4.78 is 2.01. The molecule has 0 saturated heterocycles. The van der Waals surface area contributed by atoms with E-state index in [-0.39, 0.29) is 12.1 Å². The lowest BCUT2D eigenvalue weighted by molar-refractivity contribution is 0.484. The van der Waals surface area contributed by atoms with Crippen molar-refractivity contribution in [3.05, 3.63) is 51.8 Å². The van der Waals surface area contributed by atoms with E-state index in [4.69, 9.17) is 11.6 Å². The van der Waals surface area contributed by atoms with E-state index >= 15 is 0 Å². The maximum atomic E-state index is 6.41. The highest BCUT2D eigenvalue weighted by atomic mass is 35.5. The number of nitrogens with one attached hydrogen (secondary N) is 1. The Balaban J connectivity index is 2.05. The first-order chi connectivity index (χ1) is 10.1. The second-order valence-electron chi connectivity index (χ2n) is 6.02. The monoisotopic (exact) mass is 303 g/mol. The third-order valence-corrected chi connectivity index (χ3v) is 4.59. The van der Waals surface area contributed by atoms with Crippen molar-refractivity contribution < 1.29 is 0 Å². The van der Waals surface area contributed by atoms with Crippen LogP contribution in [0.2, 0.25) is 5.02 Å². The second-order valence-corrected chi connectivity index (χ2v) is 6.43. The molecule has 0 saturated carbocycles. The van der Waals surface area contributed by atoms with Crippen molar-refractivity contribution in [2.24, 2.45) is 0 Å². The maximum absolute atomic E-state index is 6.41. The van der Waals surface area contributed by atoms with Crippen LogP contribution in [0.5, 0.6) is 0 Å². The van der Waals surface area contributed by atoms with Crippen molar-refractivity contribution in [3.8, 4) is 0 Å². The van der Waals surface area contributed by atoms with Gasteiger partial charge in [-0.15, -0.1) is 0 Å². The van der Waals surface area contributed by atoms with Crippen LogP contribution in [0.3, 0.4) is 0 Å². The molecule has 0 radical (unpaired) electrons. The van der Waals surface area contributed by atoms with E-state index in [9.17, 15) is 0 Å². The first kappa shape index (κ1) is 14.6. The van der Waals surface area contributed by atoms with Crippen LogP contribution in [0.25, 0.3) is 0 Å². The highest BCUT2D eigenvalue weighted by Crippen LogP contribution is 2.32. The van der Waals surface area contributed by atoms with Gasteiger partial charge in [-0.05, 0) is 56.8 Å². The predicted octanol–water partition coefficient (Wildman–Crippen LogP) is 3.91. The summed E-state index contributed by atoms with van der Waals surface area (Å²) in [5.74, 6) is 0. The van der Waals surface area contributed by atoms with Gasteiger partial charge in [-0.3, -0.25) is 4.68 Å². The lowest BCUT2D eigenvalue weighted by Gasteiger charge is -2.21. The standard InChI is InChI=1S/C17H22ClN3/c1-11(2)21-17(15(18)10-20-21)16(19-3)14-8-7-12-5-4-6-13(12)9-14/h7-11,16,19H,4-6H2,1-3H3. The molecule has 1 heterocycles. The van der Waals surface area contributed by atoms with Crippen molar-refractivity contribution in [2.45, 2.75) is 45.2 Å². The summed E-state index contributed by atoms with van der Waals surface area (Å²) in [5.41, 5.74) is 5.30. The van der Waals surface area contributed by atoms with Gasteiger partial charge in [-0.2, -0.15) is 5.10 Å². The van der Waals surface area contributed by atoms with Gasteiger partial charge in [0.1, 0.15) is 0 Å². The van der Waals surface area contributed by atoms with Gasteiger partial charge in [0.15, 0.2) is 0 Å². The molecule has 1 atom stereocenters. The first-order valence-electron chi connectivity index (χ1n) is 7.63. The van der Waals surface area contributed by atoms with Crippen molar-refractivity contribution in [1.29, 1.82) is 0 Å². The fourth-order valence-electron chi connectivity index (χ4n) is 3.26. The zero-order valence-electron chi connectivity index (χ0n) is 12.9. The van der Waals surface area contributed by atoms with E-state index in [0.717, 1.165) is 10.7 Å². The number of fused-ring (bicyclic) bond motifs is 1. The highest BCUT2D eigenvalue weighted by molar-refractivity contribution is 6.31. The van der Waals surface area contributed by atoms with Gasteiger partial charge >= 0.3 is 0 Å².